The first-order valence-electron chi connectivity index (χ1n) is 6.31. The van der Waals surface area contributed by atoms with Gasteiger partial charge < -0.3 is 15.5 Å². The zero-order chi connectivity index (χ0) is 12.4. The number of aliphatic hydroxyl groups is 1. The Morgan fingerprint density at radius 2 is 2.18 bits per heavy atom. The molecule has 2 unspecified atom stereocenters. The van der Waals surface area contributed by atoms with Crippen LogP contribution in [0.15, 0.2) is 18.2 Å². The maximum Gasteiger partial charge on any atom is 0.119 e. The predicted octanol–water partition coefficient (Wildman–Crippen LogP) is 1.99. The highest BCUT2D eigenvalue weighted by atomic mass is 16.3. The van der Waals surface area contributed by atoms with Crippen molar-refractivity contribution in [1.82, 2.24) is 5.32 Å². The number of aromatic hydroxyl groups is 1. The molecule has 0 bridgehead atoms. The number of benzene rings is 1. The van der Waals surface area contributed by atoms with Gasteiger partial charge in [-0.15, -0.1) is 0 Å². The van der Waals surface area contributed by atoms with Crippen molar-refractivity contribution in [1.29, 1.82) is 0 Å². The third kappa shape index (κ3) is 2.45. The fourth-order valence-electron chi connectivity index (χ4n) is 2.52. The van der Waals surface area contributed by atoms with Crippen molar-refractivity contribution in [2.24, 2.45) is 5.92 Å². The molecule has 1 aliphatic rings. The summed E-state index contributed by atoms with van der Waals surface area (Å²) < 4.78 is 0. The van der Waals surface area contributed by atoms with E-state index in [0.717, 1.165) is 18.4 Å². The summed E-state index contributed by atoms with van der Waals surface area (Å²) in [7, 11) is 0. The molecule has 0 fully saturated rings. The van der Waals surface area contributed by atoms with Crippen molar-refractivity contribution in [3.63, 3.8) is 0 Å². The molecular weight excluding hydrogens is 214 g/mol. The van der Waals surface area contributed by atoms with E-state index in [1.165, 1.54) is 5.56 Å². The number of hydrogen-bond donors (Lipinski definition) is 3. The van der Waals surface area contributed by atoms with E-state index in [2.05, 4.69) is 25.2 Å². The molecule has 17 heavy (non-hydrogen) atoms. The number of hydrogen-bond acceptors (Lipinski definition) is 3. The molecule has 0 saturated carbocycles. The largest absolute Gasteiger partial charge is 0.508 e. The van der Waals surface area contributed by atoms with Gasteiger partial charge in [0.25, 0.3) is 0 Å². The lowest BCUT2D eigenvalue weighted by Gasteiger charge is -2.25. The number of phenols is 1. The van der Waals surface area contributed by atoms with Crippen molar-refractivity contribution < 1.29 is 10.2 Å². The third-order valence-electron chi connectivity index (χ3n) is 3.66. The second kappa shape index (κ2) is 5.07. The van der Waals surface area contributed by atoms with Crippen LogP contribution in [0.1, 0.15) is 37.4 Å². The number of fused-ring (bicyclic) bond motifs is 1. The quantitative estimate of drug-likeness (QED) is 0.748. The van der Waals surface area contributed by atoms with E-state index in [9.17, 15) is 10.2 Å². The molecular formula is C14H21NO2. The maximum absolute atomic E-state index is 9.77. The highest BCUT2D eigenvalue weighted by Gasteiger charge is 2.27. The summed E-state index contributed by atoms with van der Waals surface area (Å²) in [5.74, 6) is 0.804. The zero-order valence-corrected chi connectivity index (χ0v) is 10.5. The maximum atomic E-state index is 9.77. The molecule has 0 amide bonds. The van der Waals surface area contributed by atoms with E-state index in [4.69, 9.17) is 0 Å². The first-order valence-corrected chi connectivity index (χ1v) is 6.31. The van der Waals surface area contributed by atoms with Crippen LogP contribution < -0.4 is 5.32 Å². The zero-order valence-electron chi connectivity index (χ0n) is 10.5. The van der Waals surface area contributed by atoms with Crippen LogP contribution in [0.5, 0.6) is 5.75 Å². The highest BCUT2D eigenvalue weighted by molar-refractivity contribution is 5.44. The van der Waals surface area contributed by atoms with E-state index in [0.29, 0.717) is 11.7 Å². The van der Waals surface area contributed by atoms with E-state index in [-0.39, 0.29) is 18.7 Å². The van der Waals surface area contributed by atoms with E-state index >= 15 is 0 Å². The average Bonchev–Trinajstić information content (AvgIpc) is 2.70. The Bertz CT molecular complexity index is 390. The lowest BCUT2D eigenvalue weighted by atomic mass is 10.0. The van der Waals surface area contributed by atoms with Gasteiger partial charge in [-0.25, -0.2) is 0 Å². The molecule has 3 heteroatoms. The Kier molecular flexibility index (Phi) is 3.69. The molecule has 2 atom stereocenters. The standard InChI is InChI=1S/C14H21NO2/c1-9(2)13(8-16)15-12-7-6-11-10(12)4-3-5-14(11)17/h3-5,9,12-13,15-17H,6-8H2,1-2H3. The summed E-state index contributed by atoms with van der Waals surface area (Å²) in [5.41, 5.74) is 2.24. The molecule has 94 valence electrons. The van der Waals surface area contributed by atoms with E-state index in [1.54, 1.807) is 6.07 Å². The Morgan fingerprint density at radius 3 is 2.82 bits per heavy atom. The van der Waals surface area contributed by atoms with Crippen LogP contribution >= 0.6 is 0 Å². The second-order valence-electron chi connectivity index (χ2n) is 5.14. The topological polar surface area (TPSA) is 52.5 Å². The normalized spacial score (nSPS) is 20.6. The minimum Gasteiger partial charge on any atom is -0.508 e. The van der Waals surface area contributed by atoms with E-state index < -0.39 is 0 Å². The molecule has 0 aliphatic heterocycles. The van der Waals surface area contributed by atoms with Crippen LogP contribution in [0.2, 0.25) is 0 Å². The SMILES string of the molecule is CC(C)C(CO)NC1CCc2c(O)cccc21. The number of nitrogens with one attached hydrogen (secondary N) is 1. The summed E-state index contributed by atoms with van der Waals surface area (Å²) in [6.07, 6.45) is 1.91. The predicted molar refractivity (Wildman–Crippen MR) is 68.0 cm³/mol. The number of rotatable bonds is 4. The molecule has 3 N–H and O–H groups in total. The Balaban J connectivity index is 2.14. The number of phenolic OH excluding ortho intramolecular Hbond substituents is 1. The summed E-state index contributed by atoms with van der Waals surface area (Å²) >= 11 is 0. The molecule has 1 aliphatic carbocycles. The third-order valence-corrected chi connectivity index (χ3v) is 3.66. The Morgan fingerprint density at radius 1 is 1.41 bits per heavy atom. The molecule has 1 aromatic carbocycles. The van der Waals surface area contributed by atoms with Crippen LogP contribution in [0.3, 0.4) is 0 Å². The minimum atomic E-state index is 0.119. The summed E-state index contributed by atoms with van der Waals surface area (Å²) in [6, 6.07) is 6.07. The number of aliphatic hydroxyl groups excluding tert-OH is 1. The summed E-state index contributed by atoms with van der Waals surface area (Å²) in [5, 5.41) is 22.6. The van der Waals surface area contributed by atoms with Crippen molar-refractivity contribution >= 4 is 0 Å². The van der Waals surface area contributed by atoms with Crippen LogP contribution in [0.25, 0.3) is 0 Å². The van der Waals surface area contributed by atoms with Crippen LogP contribution in [-0.4, -0.2) is 22.9 Å². The van der Waals surface area contributed by atoms with Crippen LogP contribution in [-0.2, 0) is 6.42 Å². The smallest absolute Gasteiger partial charge is 0.119 e. The van der Waals surface area contributed by atoms with Gasteiger partial charge in [-0.05, 0) is 36.0 Å². The van der Waals surface area contributed by atoms with Gasteiger partial charge >= 0.3 is 0 Å². The van der Waals surface area contributed by atoms with Crippen molar-refractivity contribution in [2.45, 2.75) is 38.8 Å². The Labute approximate surface area is 102 Å². The van der Waals surface area contributed by atoms with Gasteiger partial charge in [0.2, 0.25) is 0 Å². The summed E-state index contributed by atoms with van der Waals surface area (Å²) in [4.78, 5) is 0. The lowest BCUT2D eigenvalue weighted by molar-refractivity contribution is 0.199. The van der Waals surface area contributed by atoms with Gasteiger partial charge in [0.1, 0.15) is 5.75 Å². The molecule has 2 rings (SSSR count). The minimum absolute atomic E-state index is 0.119. The molecule has 0 heterocycles. The molecule has 0 saturated heterocycles. The fourth-order valence-corrected chi connectivity index (χ4v) is 2.52. The highest BCUT2D eigenvalue weighted by Crippen LogP contribution is 2.36. The average molecular weight is 235 g/mol. The van der Waals surface area contributed by atoms with Gasteiger partial charge in [-0.1, -0.05) is 26.0 Å². The van der Waals surface area contributed by atoms with Gasteiger partial charge in [0.05, 0.1) is 6.61 Å². The van der Waals surface area contributed by atoms with Crippen LogP contribution in [0.4, 0.5) is 0 Å². The molecule has 3 nitrogen and oxygen atoms in total. The fraction of sp³-hybridized carbons (Fsp3) is 0.571. The lowest BCUT2D eigenvalue weighted by Crippen LogP contribution is -2.38. The van der Waals surface area contributed by atoms with Crippen LogP contribution in [0, 0.1) is 5.92 Å². The molecule has 0 radical (unpaired) electrons. The first-order chi connectivity index (χ1) is 8.13. The van der Waals surface area contributed by atoms with Gasteiger partial charge in [-0.3, -0.25) is 0 Å². The molecule has 0 spiro atoms. The monoisotopic (exact) mass is 235 g/mol. The van der Waals surface area contributed by atoms with Gasteiger partial charge in [0, 0.05) is 12.1 Å². The first kappa shape index (κ1) is 12.4. The van der Waals surface area contributed by atoms with Crippen molar-refractivity contribution in [3.8, 4) is 5.75 Å². The second-order valence-corrected chi connectivity index (χ2v) is 5.14. The van der Waals surface area contributed by atoms with Crippen molar-refractivity contribution in [3.05, 3.63) is 29.3 Å². The van der Waals surface area contributed by atoms with E-state index in [1.807, 2.05) is 6.07 Å². The van der Waals surface area contributed by atoms with Crippen molar-refractivity contribution in [2.75, 3.05) is 6.61 Å². The molecule has 1 aromatic rings. The molecule has 0 aromatic heterocycles. The van der Waals surface area contributed by atoms with Gasteiger partial charge in [0.15, 0.2) is 0 Å². The summed E-state index contributed by atoms with van der Waals surface area (Å²) in [6.45, 7) is 4.36. The Hall–Kier alpha value is -1.06. The van der Waals surface area contributed by atoms with Gasteiger partial charge in [-0.2, -0.15) is 0 Å².